The average Bonchev–Trinajstić information content (AvgIpc) is 3.75. The molecule has 11 nitrogen and oxygen atoms in total. The summed E-state index contributed by atoms with van der Waals surface area (Å²) in [4.78, 5) is 53.9. The van der Waals surface area contributed by atoms with Gasteiger partial charge in [0.2, 0.25) is 11.8 Å². The Kier molecular flexibility index (Phi) is 11.6. The molecule has 2 aliphatic heterocycles. The molecule has 1 aliphatic carbocycles. The number of alkyl carbamates (subject to hydrolysis) is 1. The van der Waals surface area contributed by atoms with Gasteiger partial charge in [-0.1, -0.05) is 77.8 Å². The molecule has 1 N–H and O–H groups in total. The molecule has 6 rings (SSSR count). The second kappa shape index (κ2) is 16.1. The molecule has 3 aliphatic rings. The average molecular weight is 715 g/mol. The van der Waals surface area contributed by atoms with Crippen LogP contribution in [0.4, 0.5) is 4.79 Å². The number of fused-ring (bicyclic) bond motifs is 5. The van der Waals surface area contributed by atoms with Crippen LogP contribution in [0.15, 0.2) is 48.5 Å². The summed E-state index contributed by atoms with van der Waals surface area (Å²) in [5.41, 5.74) is 2.54. The van der Waals surface area contributed by atoms with Gasteiger partial charge in [-0.15, -0.1) is 0 Å². The topological polar surface area (TPSA) is 129 Å². The molecule has 2 fully saturated rings. The zero-order chi connectivity index (χ0) is 37.0. The van der Waals surface area contributed by atoms with Gasteiger partial charge in [-0.25, -0.2) is 19.6 Å². The van der Waals surface area contributed by atoms with Crippen LogP contribution in [-0.2, 0) is 31.9 Å². The number of esters is 1. The Balaban J connectivity index is 1.43. The molecule has 280 valence electrons. The van der Waals surface area contributed by atoms with E-state index in [9.17, 15) is 14.4 Å². The highest BCUT2D eigenvalue weighted by molar-refractivity contribution is 5.91. The van der Waals surface area contributed by atoms with Gasteiger partial charge in [-0.05, 0) is 73.5 Å². The number of ether oxygens (including phenoxy) is 4. The first-order valence-corrected chi connectivity index (χ1v) is 18.9. The molecular formula is C41H54N4O7. The summed E-state index contributed by atoms with van der Waals surface area (Å²) < 4.78 is 24.1. The maximum Gasteiger partial charge on any atom is 0.408 e. The predicted octanol–water partition coefficient (Wildman–Crippen LogP) is 6.69. The van der Waals surface area contributed by atoms with Crippen LogP contribution in [-0.4, -0.2) is 77.4 Å². The molecule has 0 spiro atoms. The van der Waals surface area contributed by atoms with E-state index in [-0.39, 0.29) is 31.1 Å². The number of aryl methyl sites for hydroxylation is 2. The van der Waals surface area contributed by atoms with Gasteiger partial charge in [0.05, 0.1) is 31.3 Å². The van der Waals surface area contributed by atoms with Gasteiger partial charge in [-0.3, -0.25) is 4.79 Å². The molecule has 1 saturated carbocycles. The van der Waals surface area contributed by atoms with Crippen LogP contribution in [0, 0.1) is 23.2 Å². The van der Waals surface area contributed by atoms with E-state index in [1.54, 1.807) is 12.0 Å². The van der Waals surface area contributed by atoms with Crippen LogP contribution in [0.25, 0.3) is 11.0 Å². The van der Waals surface area contributed by atoms with Crippen molar-refractivity contribution in [1.29, 1.82) is 0 Å². The quantitative estimate of drug-likeness (QED) is 0.266. The van der Waals surface area contributed by atoms with Crippen molar-refractivity contribution in [3.05, 3.63) is 59.8 Å². The number of hydrogen-bond donors (Lipinski definition) is 1. The predicted molar refractivity (Wildman–Crippen MR) is 197 cm³/mol. The highest BCUT2D eigenvalue weighted by atomic mass is 16.6. The van der Waals surface area contributed by atoms with Gasteiger partial charge in [0.25, 0.3) is 0 Å². The van der Waals surface area contributed by atoms with Crippen molar-refractivity contribution in [2.45, 2.75) is 110 Å². The lowest BCUT2D eigenvalue weighted by Gasteiger charge is -2.35. The number of benzene rings is 2. The van der Waals surface area contributed by atoms with Crippen molar-refractivity contribution < 1.29 is 33.3 Å². The van der Waals surface area contributed by atoms with Crippen LogP contribution >= 0.6 is 0 Å². The number of rotatable bonds is 7. The molecule has 0 unspecified atom stereocenters. The zero-order valence-electron chi connectivity index (χ0n) is 31.4. The van der Waals surface area contributed by atoms with Crippen LogP contribution in [0.2, 0.25) is 0 Å². The van der Waals surface area contributed by atoms with Crippen molar-refractivity contribution in [3.63, 3.8) is 0 Å². The van der Waals surface area contributed by atoms with E-state index >= 15 is 0 Å². The summed E-state index contributed by atoms with van der Waals surface area (Å²) >= 11 is 0. The first kappa shape index (κ1) is 37.4. The minimum atomic E-state index is -0.964. The Labute approximate surface area is 307 Å². The Bertz CT molecular complexity index is 1730. The number of nitrogens with one attached hydrogen (secondary N) is 1. The summed E-state index contributed by atoms with van der Waals surface area (Å²) in [5.74, 6) is 0.165. The second-order valence-corrected chi connectivity index (χ2v) is 16.1. The van der Waals surface area contributed by atoms with E-state index in [0.29, 0.717) is 42.3 Å². The fraction of sp³-hybridized carbons (Fsp3) is 0.585. The van der Waals surface area contributed by atoms with Gasteiger partial charge in [0.15, 0.2) is 0 Å². The molecule has 2 amide bonds. The molecule has 3 heterocycles. The number of aromatic nitrogens is 2. The third-order valence-corrected chi connectivity index (χ3v) is 10.4. The van der Waals surface area contributed by atoms with Crippen LogP contribution < -0.4 is 14.8 Å². The largest absolute Gasteiger partial charge is 0.497 e. The summed E-state index contributed by atoms with van der Waals surface area (Å²) in [6.07, 6.45) is 5.14. The number of carbonyl (C=O) groups is 3. The zero-order valence-corrected chi connectivity index (χ0v) is 31.4. The fourth-order valence-corrected chi connectivity index (χ4v) is 7.42. The molecular weight excluding hydrogens is 660 g/mol. The third kappa shape index (κ3) is 8.96. The van der Waals surface area contributed by atoms with Gasteiger partial charge >= 0.3 is 12.1 Å². The first-order valence-electron chi connectivity index (χ1n) is 18.9. The number of hydrogen-bond acceptors (Lipinski definition) is 9. The van der Waals surface area contributed by atoms with E-state index in [2.05, 4.69) is 17.4 Å². The maximum atomic E-state index is 14.8. The highest BCUT2D eigenvalue weighted by Gasteiger charge is 2.53. The molecule has 1 aromatic heterocycles. The molecule has 2 bridgehead atoms. The Morgan fingerprint density at radius 2 is 1.79 bits per heavy atom. The van der Waals surface area contributed by atoms with E-state index in [0.717, 1.165) is 48.9 Å². The van der Waals surface area contributed by atoms with Gasteiger partial charge in [0.1, 0.15) is 35.7 Å². The van der Waals surface area contributed by atoms with Crippen molar-refractivity contribution in [3.8, 4) is 11.6 Å². The molecule has 2 aromatic carbocycles. The van der Waals surface area contributed by atoms with Gasteiger partial charge < -0.3 is 29.2 Å². The number of methoxy groups -OCH3 is 1. The van der Waals surface area contributed by atoms with E-state index in [1.165, 1.54) is 0 Å². The summed E-state index contributed by atoms with van der Waals surface area (Å²) in [7, 11) is 1.61. The third-order valence-electron chi connectivity index (χ3n) is 10.4. The summed E-state index contributed by atoms with van der Waals surface area (Å²) in [6.45, 7) is 9.97. The van der Waals surface area contributed by atoms with Crippen molar-refractivity contribution in [1.82, 2.24) is 20.2 Å². The normalized spacial score (nSPS) is 25.6. The van der Waals surface area contributed by atoms with Crippen LogP contribution in [0.1, 0.15) is 84.4 Å². The van der Waals surface area contributed by atoms with Gasteiger partial charge in [0, 0.05) is 12.0 Å². The standard InChI is InChI=1S/C41H54N4O7/c1-25(2)24-50-39(47)35-29(19-17-26-13-9-7-10-14-26)34-23-45(35)38(46)36(41(3,4)5)44-40(48)52-33-21-27(33)15-11-8-12-16-31-37(51-34)43-32-22-28(49-6)18-20-30(32)42-31/h7,9-10,13-14,18,20,22,25,27,29,33-36H,8,11-12,15-17,19,21,23-24H2,1-6H3,(H,44,48)/t27-,29-,33-,34+,35+,36-/m1/s1. The fourth-order valence-electron chi connectivity index (χ4n) is 7.42. The lowest BCUT2D eigenvalue weighted by molar-refractivity contribution is -0.157. The van der Waals surface area contributed by atoms with Crippen molar-refractivity contribution in [2.24, 2.45) is 23.2 Å². The first-order chi connectivity index (χ1) is 24.9. The minimum absolute atomic E-state index is 0.101. The molecule has 0 radical (unpaired) electrons. The van der Waals surface area contributed by atoms with Crippen molar-refractivity contribution in [2.75, 3.05) is 20.3 Å². The molecule has 52 heavy (non-hydrogen) atoms. The summed E-state index contributed by atoms with van der Waals surface area (Å²) in [5, 5.41) is 2.90. The SMILES string of the molecule is COc1ccc2nc3c(nc2c1)O[C@H]1CN(C(=O)[C@H](C(C)(C)C)NC(=O)O[C@@H]2C[C@H]2CCCCC3)[C@H](C(=O)OCC(C)C)[C@@H]1CCc1ccccc1. The van der Waals surface area contributed by atoms with E-state index in [4.69, 9.17) is 28.9 Å². The monoisotopic (exact) mass is 714 g/mol. The van der Waals surface area contributed by atoms with Crippen molar-refractivity contribution >= 4 is 29.0 Å². The minimum Gasteiger partial charge on any atom is -0.497 e. The van der Waals surface area contributed by atoms with E-state index < -0.39 is 41.6 Å². The molecule has 11 heteroatoms. The Morgan fingerprint density at radius 3 is 2.52 bits per heavy atom. The number of carbonyl (C=O) groups excluding carboxylic acids is 3. The second-order valence-electron chi connectivity index (χ2n) is 16.1. The Morgan fingerprint density at radius 1 is 1.00 bits per heavy atom. The molecule has 6 atom stereocenters. The van der Waals surface area contributed by atoms with E-state index in [1.807, 2.05) is 71.0 Å². The molecule has 3 aromatic rings. The number of amides is 2. The number of nitrogens with zero attached hydrogens (tertiary/aromatic N) is 3. The smallest absolute Gasteiger partial charge is 0.408 e. The maximum absolute atomic E-state index is 14.8. The highest BCUT2D eigenvalue weighted by Crippen LogP contribution is 2.40. The lowest BCUT2D eigenvalue weighted by atomic mass is 9.85. The summed E-state index contributed by atoms with van der Waals surface area (Å²) in [6, 6.07) is 13.8. The van der Waals surface area contributed by atoms with Crippen LogP contribution in [0.5, 0.6) is 11.6 Å². The Hall–Kier alpha value is -4.41. The molecule has 1 saturated heterocycles. The van der Waals surface area contributed by atoms with Gasteiger partial charge in [-0.2, -0.15) is 0 Å². The van der Waals surface area contributed by atoms with Crippen LogP contribution in [0.3, 0.4) is 0 Å². The lowest BCUT2D eigenvalue weighted by Crippen LogP contribution is -2.57.